The number of aldehydes is 1. The van der Waals surface area contributed by atoms with Crippen LogP contribution in [-0.2, 0) is 4.79 Å². The average Bonchev–Trinajstić information content (AvgIpc) is 1.81. The zero-order valence-corrected chi connectivity index (χ0v) is 6.19. The smallest absolute Gasteiger partial charge is 0.119 e. The molecular weight excluding hydrogens is 140 g/mol. The van der Waals surface area contributed by atoms with Crippen LogP contribution in [0.1, 0.15) is 25.7 Å². The number of halogens is 1. The number of rotatable bonds is 5. The Morgan fingerprint density at radius 3 is 2.33 bits per heavy atom. The molecule has 0 aromatic carbocycles. The number of aliphatic hydroxyl groups excluding tert-OH is 1. The van der Waals surface area contributed by atoms with Gasteiger partial charge in [-0.25, -0.2) is 0 Å². The van der Waals surface area contributed by atoms with Gasteiger partial charge in [0.2, 0.25) is 0 Å². The summed E-state index contributed by atoms with van der Waals surface area (Å²) in [5.74, 6) is 0. The highest BCUT2D eigenvalue weighted by atomic mass is 35.5. The number of hydrogen-bond donors (Lipinski definition) is 1. The van der Waals surface area contributed by atoms with E-state index < -0.39 is 0 Å². The van der Waals surface area contributed by atoms with Crippen molar-refractivity contribution in [2.45, 2.75) is 25.7 Å². The van der Waals surface area contributed by atoms with Gasteiger partial charge in [0, 0.05) is 13.0 Å². The normalized spacial score (nSPS) is 8.11. The van der Waals surface area contributed by atoms with E-state index in [1.807, 2.05) is 0 Å². The van der Waals surface area contributed by atoms with Gasteiger partial charge in [0.05, 0.1) is 0 Å². The molecule has 0 spiro atoms. The van der Waals surface area contributed by atoms with Crippen molar-refractivity contribution in [3.05, 3.63) is 0 Å². The van der Waals surface area contributed by atoms with Gasteiger partial charge >= 0.3 is 0 Å². The molecule has 0 unspecified atom stereocenters. The van der Waals surface area contributed by atoms with E-state index in [1.54, 1.807) is 0 Å². The summed E-state index contributed by atoms with van der Waals surface area (Å²) in [5.41, 5.74) is 0. The largest absolute Gasteiger partial charge is 0.396 e. The lowest BCUT2D eigenvalue weighted by atomic mass is 10.2. The minimum Gasteiger partial charge on any atom is -0.396 e. The second-order valence-corrected chi connectivity index (χ2v) is 1.74. The van der Waals surface area contributed by atoms with Gasteiger partial charge in [-0.2, -0.15) is 0 Å². The lowest BCUT2D eigenvalue weighted by Gasteiger charge is -1.90. The van der Waals surface area contributed by atoms with Crippen molar-refractivity contribution in [3.8, 4) is 0 Å². The molecular formula is C6H13ClO2. The Kier molecular flexibility index (Phi) is 14.0. The molecule has 0 atom stereocenters. The first-order chi connectivity index (χ1) is 3.91. The Labute approximate surface area is 61.7 Å². The molecule has 2 nitrogen and oxygen atoms in total. The minimum atomic E-state index is 0. The van der Waals surface area contributed by atoms with Gasteiger partial charge in [-0.3, -0.25) is 0 Å². The van der Waals surface area contributed by atoms with E-state index >= 15 is 0 Å². The summed E-state index contributed by atoms with van der Waals surface area (Å²) in [6, 6.07) is 0. The fraction of sp³-hybridized carbons (Fsp3) is 0.833. The third kappa shape index (κ3) is 11.5. The van der Waals surface area contributed by atoms with Gasteiger partial charge in [0.25, 0.3) is 0 Å². The van der Waals surface area contributed by atoms with Crippen molar-refractivity contribution < 1.29 is 9.90 Å². The van der Waals surface area contributed by atoms with E-state index in [-0.39, 0.29) is 19.0 Å². The lowest BCUT2D eigenvalue weighted by molar-refractivity contribution is -0.107. The van der Waals surface area contributed by atoms with Crippen LogP contribution >= 0.6 is 12.4 Å². The molecule has 0 bridgehead atoms. The van der Waals surface area contributed by atoms with Gasteiger partial charge in [-0.15, -0.1) is 12.4 Å². The number of aliphatic hydroxyl groups is 1. The summed E-state index contributed by atoms with van der Waals surface area (Å²) in [5, 5.41) is 8.28. The quantitative estimate of drug-likeness (QED) is 0.474. The summed E-state index contributed by atoms with van der Waals surface area (Å²) in [7, 11) is 0. The van der Waals surface area contributed by atoms with Crippen LogP contribution in [-0.4, -0.2) is 18.0 Å². The number of unbranched alkanes of at least 4 members (excludes halogenated alkanes) is 3. The van der Waals surface area contributed by atoms with E-state index in [1.165, 1.54) is 0 Å². The third-order valence-corrected chi connectivity index (χ3v) is 0.980. The van der Waals surface area contributed by atoms with E-state index in [0.29, 0.717) is 6.42 Å². The average molecular weight is 153 g/mol. The minimum absolute atomic E-state index is 0. The molecule has 0 heterocycles. The molecule has 0 fully saturated rings. The summed E-state index contributed by atoms with van der Waals surface area (Å²) in [6.45, 7) is 0.249. The highest BCUT2D eigenvalue weighted by Gasteiger charge is 1.84. The maximum Gasteiger partial charge on any atom is 0.119 e. The van der Waals surface area contributed by atoms with Crippen molar-refractivity contribution in [2.24, 2.45) is 0 Å². The van der Waals surface area contributed by atoms with Crippen LogP contribution in [0.25, 0.3) is 0 Å². The molecule has 3 heteroatoms. The zero-order valence-electron chi connectivity index (χ0n) is 5.38. The Morgan fingerprint density at radius 2 is 1.89 bits per heavy atom. The van der Waals surface area contributed by atoms with Crippen molar-refractivity contribution in [1.29, 1.82) is 0 Å². The summed E-state index contributed by atoms with van der Waals surface area (Å²) < 4.78 is 0. The van der Waals surface area contributed by atoms with Crippen molar-refractivity contribution >= 4 is 18.7 Å². The second-order valence-electron chi connectivity index (χ2n) is 1.74. The predicted octanol–water partition coefficient (Wildman–Crippen LogP) is 1.16. The van der Waals surface area contributed by atoms with E-state index in [9.17, 15) is 4.79 Å². The molecule has 0 rings (SSSR count). The van der Waals surface area contributed by atoms with Gasteiger partial charge in [-0.05, 0) is 12.8 Å². The first kappa shape index (κ1) is 11.7. The van der Waals surface area contributed by atoms with E-state index in [2.05, 4.69) is 0 Å². The van der Waals surface area contributed by atoms with Crippen molar-refractivity contribution in [3.63, 3.8) is 0 Å². The Balaban J connectivity index is 0. The fourth-order valence-corrected chi connectivity index (χ4v) is 0.516. The maximum atomic E-state index is 9.71. The molecule has 0 aliphatic heterocycles. The highest BCUT2D eigenvalue weighted by molar-refractivity contribution is 5.85. The molecule has 0 aliphatic carbocycles. The van der Waals surface area contributed by atoms with Crippen LogP contribution < -0.4 is 0 Å². The second kappa shape index (κ2) is 10.8. The topological polar surface area (TPSA) is 37.3 Å². The number of carbonyl (C=O) groups excluding carboxylic acids is 1. The van der Waals surface area contributed by atoms with Crippen LogP contribution in [0.3, 0.4) is 0 Å². The molecule has 0 amide bonds. The Hall–Kier alpha value is -0.0800. The first-order valence-electron chi connectivity index (χ1n) is 2.96. The SMILES string of the molecule is Cl.O=CCCCCCO. The monoisotopic (exact) mass is 152 g/mol. The molecule has 0 aromatic heterocycles. The van der Waals surface area contributed by atoms with E-state index in [0.717, 1.165) is 25.5 Å². The maximum absolute atomic E-state index is 9.71. The van der Waals surface area contributed by atoms with Gasteiger partial charge in [0.1, 0.15) is 6.29 Å². The van der Waals surface area contributed by atoms with Gasteiger partial charge < -0.3 is 9.90 Å². The van der Waals surface area contributed by atoms with Crippen LogP contribution in [0.15, 0.2) is 0 Å². The Morgan fingerprint density at radius 1 is 1.22 bits per heavy atom. The number of carbonyl (C=O) groups is 1. The summed E-state index contributed by atoms with van der Waals surface area (Å²) in [6.07, 6.45) is 4.27. The van der Waals surface area contributed by atoms with Crippen molar-refractivity contribution in [2.75, 3.05) is 6.61 Å². The first-order valence-corrected chi connectivity index (χ1v) is 2.96. The van der Waals surface area contributed by atoms with Gasteiger partial charge in [-0.1, -0.05) is 6.42 Å². The summed E-state index contributed by atoms with van der Waals surface area (Å²) >= 11 is 0. The molecule has 9 heavy (non-hydrogen) atoms. The van der Waals surface area contributed by atoms with Gasteiger partial charge in [0.15, 0.2) is 0 Å². The zero-order chi connectivity index (χ0) is 6.24. The van der Waals surface area contributed by atoms with E-state index in [4.69, 9.17) is 5.11 Å². The predicted molar refractivity (Wildman–Crippen MR) is 38.9 cm³/mol. The molecule has 0 aromatic rings. The number of hydrogen-bond acceptors (Lipinski definition) is 2. The van der Waals surface area contributed by atoms with Crippen LogP contribution in [0.4, 0.5) is 0 Å². The standard InChI is InChI=1S/C6H12O2.ClH/c7-5-3-1-2-4-6-8;/h5,8H,1-4,6H2;1H. The Bertz CT molecular complexity index is 57.0. The van der Waals surface area contributed by atoms with Crippen LogP contribution in [0.2, 0.25) is 0 Å². The molecule has 0 aliphatic rings. The molecule has 0 saturated carbocycles. The molecule has 56 valence electrons. The summed E-state index contributed by atoms with van der Waals surface area (Å²) in [4.78, 5) is 9.71. The molecule has 0 radical (unpaired) electrons. The fourth-order valence-electron chi connectivity index (χ4n) is 0.516. The lowest BCUT2D eigenvalue weighted by Crippen LogP contribution is -1.82. The van der Waals surface area contributed by atoms with Crippen molar-refractivity contribution in [1.82, 2.24) is 0 Å². The highest BCUT2D eigenvalue weighted by Crippen LogP contribution is 1.95. The van der Waals surface area contributed by atoms with Crippen LogP contribution in [0, 0.1) is 0 Å². The van der Waals surface area contributed by atoms with Crippen LogP contribution in [0.5, 0.6) is 0 Å². The molecule has 1 N–H and O–H groups in total. The third-order valence-electron chi connectivity index (χ3n) is 0.980. The molecule has 0 saturated heterocycles.